The molecule has 1 aromatic rings. The van der Waals surface area contributed by atoms with Gasteiger partial charge in [-0.05, 0) is 55.3 Å². The summed E-state index contributed by atoms with van der Waals surface area (Å²) in [6.45, 7) is 4.40. The number of ether oxygens (including phenoxy) is 1. The summed E-state index contributed by atoms with van der Waals surface area (Å²) in [4.78, 5) is 27.8. The molecule has 4 aliphatic rings. The first-order chi connectivity index (χ1) is 11.9. The van der Waals surface area contributed by atoms with Crippen LogP contribution < -0.4 is 4.90 Å². The van der Waals surface area contributed by atoms with Gasteiger partial charge in [0.05, 0.1) is 17.0 Å². The van der Waals surface area contributed by atoms with Crippen LogP contribution in [-0.4, -0.2) is 40.6 Å². The van der Waals surface area contributed by atoms with Gasteiger partial charge in [0, 0.05) is 5.92 Å². The lowest BCUT2D eigenvalue weighted by molar-refractivity contribution is -0.166. The molecule has 6 atom stereocenters. The molecule has 3 heterocycles. The van der Waals surface area contributed by atoms with Crippen LogP contribution in [-0.2, 0) is 14.3 Å². The van der Waals surface area contributed by atoms with Crippen molar-refractivity contribution in [3.05, 3.63) is 29.7 Å². The number of carbonyl (C=O) groups excluding carboxylic acids is 2. The van der Waals surface area contributed by atoms with Gasteiger partial charge in [-0.2, -0.15) is 0 Å². The number of allylic oxidation sites excluding steroid dienone is 1. The molecule has 0 amide bonds. The van der Waals surface area contributed by atoms with Gasteiger partial charge in [-0.15, -0.1) is 11.3 Å². The van der Waals surface area contributed by atoms with E-state index in [1.165, 1.54) is 6.08 Å². The van der Waals surface area contributed by atoms with E-state index in [1.807, 2.05) is 24.4 Å². The second-order valence-electron chi connectivity index (χ2n) is 8.10. The molecule has 5 nitrogen and oxygen atoms in total. The Morgan fingerprint density at radius 1 is 1.36 bits per heavy atom. The lowest BCUT2D eigenvalue weighted by Gasteiger charge is -2.43. The molecular formula is C19H21NO4S. The number of fused-ring (bicyclic) bond motifs is 4. The minimum Gasteiger partial charge on any atom is -0.459 e. The number of esters is 1. The fraction of sp³-hybridized carbons (Fsp3) is 0.579. The summed E-state index contributed by atoms with van der Waals surface area (Å²) in [6.07, 6.45) is 4.06. The van der Waals surface area contributed by atoms with Crippen molar-refractivity contribution in [1.82, 2.24) is 0 Å². The van der Waals surface area contributed by atoms with E-state index in [0.717, 1.165) is 17.8 Å². The van der Waals surface area contributed by atoms with E-state index in [4.69, 9.17) is 4.74 Å². The van der Waals surface area contributed by atoms with E-state index in [9.17, 15) is 14.7 Å². The topological polar surface area (TPSA) is 66.6 Å². The Bertz CT molecular complexity index is 804. The average molecular weight is 359 g/mol. The summed E-state index contributed by atoms with van der Waals surface area (Å²) in [5.41, 5.74) is -3.01. The zero-order valence-corrected chi connectivity index (χ0v) is 15.1. The van der Waals surface area contributed by atoms with Crippen molar-refractivity contribution in [3.8, 4) is 0 Å². The monoisotopic (exact) mass is 359 g/mol. The van der Waals surface area contributed by atoms with Gasteiger partial charge in [0.15, 0.2) is 11.3 Å². The zero-order chi connectivity index (χ0) is 17.6. The molecule has 3 unspecified atom stereocenters. The number of anilines is 1. The first-order valence-corrected chi connectivity index (χ1v) is 9.72. The summed E-state index contributed by atoms with van der Waals surface area (Å²) in [7, 11) is 0. The maximum absolute atomic E-state index is 12.9. The number of rotatable bonds is 1. The Labute approximate surface area is 150 Å². The standard InChI is InChI=1S/C19H21NO4S/c1-11-5-6-12-15(17(2)13(21)7-8-19(11,17)23)24-16(22)18(12)10-20(18)14-4-3-9-25-14/h3-4,7-9,11-12,15,23H,5-6,10H2,1-2H3/t11-,12?,15?,17-,18?,19+,20?/m0/s1. The molecule has 0 bridgehead atoms. The highest BCUT2D eigenvalue weighted by Gasteiger charge is 2.77. The van der Waals surface area contributed by atoms with Crippen LogP contribution in [0.15, 0.2) is 29.7 Å². The molecule has 132 valence electrons. The first-order valence-electron chi connectivity index (χ1n) is 8.84. The molecule has 5 rings (SSSR count). The van der Waals surface area contributed by atoms with Gasteiger partial charge in [0.2, 0.25) is 0 Å². The molecule has 25 heavy (non-hydrogen) atoms. The quantitative estimate of drug-likeness (QED) is 0.615. The molecule has 1 aromatic heterocycles. The third-order valence-electron chi connectivity index (χ3n) is 7.18. The number of nitrogens with zero attached hydrogens (tertiary/aromatic N) is 1. The Hall–Kier alpha value is -1.66. The Morgan fingerprint density at radius 3 is 2.88 bits per heavy atom. The Kier molecular flexibility index (Phi) is 2.83. The van der Waals surface area contributed by atoms with Crippen LogP contribution in [0.2, 0.25) is 0 Å². The minimum atomic E-state index is -1.25. The highest BCUT2D eigenvalue weighted by molar-refractivity contribution is 7.14. The lowest BCUT2D eigenvalue weighted by Crippen LogP contribution is -2.57. The van der Waals surface area contributed by atoms with Crippen LogP contribution in [0, 0.1) is 17.3 Å². The van der Waals surface area contributed by atoms with Crippen molar-refractivity contribution >= 4 is 28.1 Å². The highest BCUT2D eigenvalue weighted by atomic mass is 32.1. The molecule has 2 saturated heterocycles. The van der Waals surface area contributed by atoms with Crippen LogP contribution in [0.4, 0.5) is 5.00 Å². The molecule has 2 aliphatic heterocycles. The largest absolute Gasteiger partial charge is 0.459 e. The van der Waals surface area contributed by atoms with Crippen LogP contribution in [0.3, 0.4) is 0 Å². The number of hydrogen-bond donors (Lipinski definition) is 1. The Morgan fingerprint density at radius 2 is 2.16 bits per heavy atom. The third kappa shape index (κ3) is 1.59. The maximum Gasteiger partial charge on any atom is 0.334 e. The van der Waals surface area contributed by atoms with E-state index >= 15 is 0 Å². The van der Waals surface area contributed by atoms with E-state index < -0.39 is 22.7 Å². The molecule has 1 spiro atoms. The van der Waals surface area contributed by atoms with Crippen LogP contribution in [0.1, 0.15) is 26.7 Å². The van der Waals surface area contributed by atoms with Crippen LogP contribution in [0.5, 0.6) is 0 Å². The van der Waals surface area contributed by atoms with Gasteiger partial charge in [0.1, 0.15) is 11.7 Å². The smallest absolute Gasteiger partial charge is 0.334 e. The van der Waals surface area contributed by atoms with Crippen molar-refractivity contribution < 1.29 is 19.4 Å². The molecule has 3 fully saturated rings. The Balaban J connectivity index is 1.60. The molecule has 0 aromatic carbocycles. The number of carbonyl (C=O) groups is 2. The second-order valence-corrected chi connectivity index (χ2v) is 9.02. The SMILES string of the molecule is C[C@H]1CCC2C(OC(=O)C23CN3c2cccs2)[C@]2(C)C(=O)C=C[C@@]12O. The van der Waals surface area contributed by atoms with Crippen LogP contribution >= 0.6 is 11.3 Å². The molecule has 0 radical (unpaired) electrons. The molecule has 6 heteroatoms. The van der Waals surface area contributed by atoms with Gasteiger partial charge in [-0.1, -0.05) is 6.92 Å². The van der Waals surface area contributed by atoms with Crippen molar-refractivity contribution in [3.63, 3.8) is 0 Å². The van der Waals surface area contributed by atoms with Crippen molar-refractivity contribution in [2.45, 2.75) is 43.9 Å². The predicted octanol–water partition coefficient (Wildman–Crippen LogP) is 2.15. The first kappa shape index (κ1) is 15.6. The van der Waals surface area contributed by atoms with E-state index in [-0.39, 0.29) is 23.6 Å². The number of aliphatic hydroxyl groups is 1. The number of ketones is 1. The van der Waals surface area contributed by atoms with Crippen molar-refractivity contribution in [1.29, 1.82) is 0 Å². The predicted molar refractivity (Wildman–Crippen MR) is 93.4 cm³/mol. The van der Waals surface area contributed by atoms with E-state index in [0.29, 0.717) is 6.54 Å². The molecular weight excluding hydrogens is 338 g/mol. The summed E-state index contributed by atoms with van der Waals surface area (Å²) in [5.74, 6) is -0.511. The molecule has 2 aliphatic carbocycles. The van der Waals surface area contributed by atoms with Crippen molar-refractivity contribution in [2.75, 3.05) is 11.4 Å². The van der Waals surface area contributed by atoms with E-state index in [1.54, 1.807) is 24.3 Å². The summed E-state index contributed by atoms with van der Waals surface area (Å²) >= 11 is 1.61. The van der Waals surface area contributed by atoms with E-state index in [2.05, 4.69) is 4.90 Å². The van der Waals surface area contributed by atoms with Crippen molar-refractivity contribution in [2.24, 2.45) is 17.3 Å². The second kappa shape index (κ2) is 4.54. The summed E-state index contributed by atoms with van der Waals surface area (Å²) in [5, 5.41) is 14.4. The molecule has 1 N–H and O–H groups in total. The maximum atomic E-state index is 12.9. The lowest BCUT2D eigenvalue weighted by atomic mass is 9.64. The number of thiophene rings is 1. The van der Waals surface area contributed by atoms with Gasteiger partial charge < -0.3 is 14.7 Å². The summed E-state index contributed by atoms with van der Waals surface area (Å²) in [6, 6.07) is 3.99. The highest BCUT2D eigenvalue weighted by Crippen LogP contribution is 2.62. The molecule has 1 saturated carbocycles. The van der Waals surface area contributed by atoms with Gasteiger partial charge in [-0.25, -0.2) is 4.79 Å². The fourth-order valence-corrected chi connectivity index (χ4v) is 6.26. The third-order valence-corrected chi connectivity index (χ3v) is 8.07. The average Bonchev–Trinajstić information content (AvgIpc) is 2.88. The normalized spacial score (nSPS) is 47.6. The number of hydrogen-bond acceptors (Lipinski definition) is 6. The zero-order valence-electron chi connectivity index (χ0n) is 14.3. The van der Waals surface area contributed by atoms with Crippen LogP contribution in [0.25, 0.3) is 0 Å². The van der Waals surface area contributed by atoms with Gasteiger partial charge in [0.25, 0.3) is 0 Å². The fourth-order valence-electron chi connectivity index (χ4n) is 5.45. The van der Waals surface area contributed by atoms with Gasteiger partial charge in [-0.3, -0.25) is 4.79 Å². The minimum absolute atomic E-state index is 0.0597. The van der Waals surface area contributed by atoms with Gasteiger partial charge >= 0.3 is 5.97 Å². The summed E-state index contributed by atoms with van der Waals surface area (Å²) < 4.78 is 5.86.